The van der Waals surface area contributed by atoms with Crippen molar-refractivity contribution in [2.75, 3.05) is 19.7 Å². The number of rotatable bonds is 8. The zero-order chi connectivity index (χ0) is 21.5. The molecule has 30 heavy (non-hydrogen) atoms. The Labute approximate surface area is 179 Å². The van der Waals surface area contributed by atoms with E-state index in [9.17, 15) is 9.59 Å². The molecule has 0 bridgehead atoms. The van der Waals surface area contributed by atoms with Gasteiger partial charge in [0.05, 0.1) is 12.1 Å². The van der Waals surface area contributed by atoms with Crippen LogP contribution in [-0.4, -0.2) is 54.7 Å². The first-order chi connectivity index (χ1) is 14.4. The Bertz CT molecular complexity index is 774. The smallest absolute Gasteiger partial charge is 0.289 e. The van der Waals surface area contributed by atoms with Crippen LogP contribution in [-0.2, 0) is 19.1 Å². The van der Waals surface area contributed by atoms with Gasteiger partial charge in [0.2, 0.25) is 5.91 Å². The van der Waals surface area contributed by atoms with Crippen LogP contribution >= 0.6 is 0 Å². The van der Waals surface area contributed by atoms with Crippen LogP contribution < -0.4 is 5.32 Å². The summed E-state index contributed by atoms with van der Waals surface area (Å²) in [5.41, 5.74) is 2.06. The summed E-state index contributed by atoms with van der Waals surface area (Å²) >= 11 is 0. The molecule has 1 heterocycles. The maximum Gasteiger partial charge on any atom is 0.289 e. The van der Waals surface area contributed by atoms with E-state index in [-0.39, 0.29) is 36.6 Å². The van der Waals surface area contributed by atoms with Gasteiger partial charge < -0.3 is 19.7 Å². The summed E-state index contributed by atoms with van der Waals surface area (Å²) in [6.45, 7) is 7.23. The number of morpholine rings is 1. The van der Waals surface area contributed by atoms with Gasteiger partial charge in [-0.2, -0.15) is 0 Å². The third-order valence-corrected chi connectivity index (χ3v) is 5.57. The number of aryl methyl sites for hydroxylation is 1. The van der Waals surface area contributed by atoms with E-state index < -0.39 is 0 Å². The maximum absolute atomic E-state index is 13.2. The topological polar surface area (TPSA) is 67.9 Å². The molecule has 2 fully saturated rings. The number of fused-ring (bicyclic) bond motifs is 1. The predicted molar refractivity (Wildman–Crippen MR) is 117 cm³/mol. The van der Waals surface area contributed by atoms with Gasteiger partial charge in [0.1, 0.15) is 12.6 Å². The number of amides is 2. The first kappa shape index (κ1) is 22.3. The quantitative estimate of drug-likeness (QED) is 0.523. The summed E-state index contributed by atoms with van der Waals surface area (Å²) in [7, 11) is 0. The van der Waals surface area contributed by atoms with Crippen molar-refractivity contribution in [1.29, 1.82) is 0 Å². The molecule has 2 amide bonds. The van der Waals surface area contributed by atoms with Crippen molar-refractivity contribution in [2.24, 2.45) is 0 Å². The second-order valence-electron chi connectivity index (χ2n) is 8.49. The lowest BCUT2D eigenvalue weighted by molar-refractivity contribution is -0.151. The molecule has 0 spiro atoms. The van der Waals surface area contributed by atoms with E-state index >= 15 is 0 Å². The van der Waals surface area contributed by atoms with E-state index in [0.29, 0.717) is 18.9 Å². The predicted octanol–water partition coefficient (Wildman–Crippen LogP) is 3.44. The number of carbonyl (C=O) groups excluding carboxylic acids is 2. The zero-order valence-electron chi connectivity index (χ0n) is 18.4. The molecule has 1 N–H and O–H groups in total. The second-order valence-corrected chi connectivity index (χ2v) is 8.49. The normalized spacial score (nSPS) is 22.7. The lowest BCUT2D eigenvalue weighted by atomic mass is 9.89. The molecule has 1 aromatic carbocycles. The minimum absolute atomic E-state index is 0.0315. The molecule has 1 aliphatic heterocycles. The average molecular weight is 415 g/mol. The van der Waals surface area contributed by atoms with Crippen molar-refractivity contribution in [1.82, 2.24) is 10.2 Å². The van der Waals surface area contributed by atoms with Gasteiger partial charge in [-0.1, -0.05) is 36.2 Å². The molecular formula is C24H34N2O4. The van der Waals surface area contributed by atoms with Crippen LogP contribution in [0.2, 0.25) is 0 Å². The highest BCUT2D eigenvalue weighted by Crippen LogP contribution is 2.33. The summed E-state index contributed by atoms with van der Waals surface area (Å²) < 4.78 is 11.6. The summed E-state index contributed by atoms with van der Waals surface area (Å²) in [5.74, 6) is 0.00820. The molecule has 6 nitrogen and oxygen atoms in total. The van der Waals surface area contributed by atoms with Crippen molar-refractivity contribution in [2.45, 2.75) is 71.1 Å². The zero-order valence-corrected chi connectivity index (χ0v) is 18.4. The summed E-state index contributed by atoms with van der Waals surface area (Å²) in [6.07, 6.45) is 6.63. The van der Waals surface area contributed by atoms with Crippen LogP contribution in [0.25, 0.3) is 6.08 Å². The minimum atomic E-state index is -0.196. The molecule has 1 aromatic rings. The molecule has 1 saturated carbocycles. The van der Waals surface area contributed by atoms with E-state index in [1.807, 2.05) is 45.0 Å². The number of ether oxygens (including phenoxy) is 2. The molecule has 0 aromatic heterocycles. The van der Waals surface area contributed by atoms with Crippen LogP contribution in [0.4, 0.5) is 0 Å². The van der Waals surface area contributed by atoms with Gasteiger partial charge >= 0.3 is 0 Å². The van der Waals surface area contributed by atoms with Crippen LogP contribution in [0.5, 0.6) is 0 Å². The Morgan fingerprint density at radius 1 is 1.33 bits per heavy atom. The van der Waals surface area contributed by atoms with Crippen molar-refractivity contribution in [3.05, 3.63) is 41.2 Å². The van der Waals surface area contributed by atoms with Gasteiger partial charge in [-0.15, -0.1) is 0 Å². The van der Waals surface area contributed by atoms with Crippen molar-refractivity contribution >= 4 is 17.9 Å². The van der Waals surface area contributed by atoms with E-state index in [4.69, 9.17) is 9.47 Å². The SMILES string of the molecule is Cc1cccc(/C=C2/OC3CCCCC3N(CC(=O)NCCCOC(C)C)C2=O)c1. The first-order valence-electron chi connectivity index (χ1n) is 11.1. The number of nitrogens with one attached hydrogen (secondary N) is 1. The summed E-state index contributed by atoms with van der Waals surface area (Å²) in [4.78, 5) is 27.4. The number of hydrogen-bond acceptors (Lipinski definition) is 4. The Morgan fingerprint density at radius 3 is 2.90 bits per heavy atom. The fraction of sp³-hybridized carbons (Fsp3) is 0.583. The number of carbonyl (C=O) groups is 2. The Hall–Kier alpha value is -2.34. The summed E-state index contributed by atoms with van der Waals surface area (Å²) in [6, 6.07) is 7.93. The molecule has 1 saturated heterocycles. The van der Waals surface area contributed by atoms with Crippen LogP contribution in [0.3, 0.4) is 0 Å². The molecular weight excluding hydrogens is 380 g/mol. The highest BCUT2D eigenvalue weighted by Gasteiger charge is 2.42. The third-order valence-electron chi connectivity index (χ3n) is 5.57. The van der Waals surface area contributed by atoms with Crippen LogP contribution in [0.15, 0.2) is 30.0 Å². The molecule has 2 unspecified atom stereocenters. The highest BCUT2D eigenvalue weighted by atomic mass is 16.5. The molecule has 3 rings (SSSR count). The average Bonchev–Trinajstić information content (AvgIpc) is 2.70. The largest absolute Gasteiger partial charge is 0.482 e. The van der Waals surface area contributed by atoms with Gasteiger partial charge in [0, 0.05) is 13.2 Å². The lowest BCUT2D eigenvalue weighted by Gasteiger charge is -2.44. The minimum Gasteiger partial charge on any atom is -0.482 e. The molecule has 1 aliphatic carbocycles. The molecule has 0 radical (unpaired) electrons. The monoisotopic (exact) mass is 414 g/mol. The van der Waals surface area contributed by atoms with E-state index in [0.717, 1.165) is 43.2 Å². The first-order valence-corrected chi connectivity index (χ1v) is 11.1. The molecule has 2 aliphatic rings. The Morgan fingerprint density at radius 2 is 2.13 bits per heavy atom. The van der Waals surface area contributed by atoms with Gasteiger partial charge in [-0.3, -0.25) is 9.59 Å². The Kier molecular flexibility index (Phi) is 7.91. The van der Waals surface area contributed by atoms with E-state index in [1.54, 1.807) is 11.0 Å². The molecule has 164 valence electrons. The van der Waals surface area contributed by atoms with E-state index in [2.05, 4.69) is 5.32 Å². The summed E-state index contributed by atoms with van der Waals surface area (Å²) in [5, 5.41) is 2.92. The van der Waals surface area contributed by atoms with Crippen LogP contribution in [0, 0.1) is 6.92 Å². The highest BCUT2D eigenvalue weighted by molar-refractivity contribution is 5.98. The van der Waals surface area contributed by atoms with Crippen molar-refractivity contribution < 1.29 is 19.1 Å². The maximum atomic E-state index is 13.2. The molecule has 2 atom stereocenters. The standard InChI is InChI=1S/C24H34N2O4/c1-17(2)29-13-7-12-25-23(27)16-26-20-10-4-5-11-21(20)30-22(24(26)28)15-19-9-6-8-18(3)14-19/h6,8-9,14-15,17,20-21H,4-5,7,10-13,16H2,1-3H3,(H,25,27)/b22-15+. The number of benzene rings is 1. The van der Waals surface area contributed by atoms with Crippen LogP contribution in [0.1, 0.15) is 57.1 Å². The fourth-order valence-corrected chi connectivity index (χ4v) is 4.10. The Balaban J connectivity index is 1.66. The van der Waals surface area contributed by atoms with Gasteiger partial charge in [0.25, 0.3) is 5.91 Å². The van der Waals surface area contributed by atoms with Gasteiger partial charge in [-0.25, -0.2) is 0 Å². The molecule has 6 heteroatoms. The lowest BCUT2D eigenvalue weighted by Crippen LogP contribution is -2.57. The van der Waals surface area contributed by atoms with Crippen molar-refractivity contribution in [3.8, 4) is 0 Å². The fourth-order valence-electron chi connectivity index (χ4n) is 4.10. The number of hydrogen-bond donors (Lipinski definition) is 1. The van der Waals surface area contributed by atoms with Gasteiger partial charge in [0.15, 0.2) is 5.76 Å². The van der Waals surface area contributed by atoms with Crippen molar-refractivity contribution in [3.63, 3.8) is 0 Å². The second kappa shape index (κ2) is 10.6. The number of nitrogens with zero attached hydrogens (tertiary/aromatic N) is 1. The van der Waals surface area contributed by atoms with E-state index in [1.165, 1.54) is 0 Å². The third kappa shape index (κ3) is 6.08. The van der Waals surface area contributed by atoms with Gasteiger partial charge in [-0.05, 0) is 58.1 Å².